The molecule has 0 heterocycles. The minimum atomic E-state index is -1.22. The van der Waals surface area contributed by atoms with Crippen molar-refractivity contribution in [1.82, 2.24) is 0 Å². The Morgan fingerprint density at radius 2 is 1.81 bits per heavy atom. The van der Waals surface area contributed by atoms with E-state index < -0.39 is 22.4 Å². The van der Waals surface area contributed by atoms with Crippen LogP contribution in [0.3, 0.4) is 0 Å². The fourth-order valence-corrected chi connectivity index (χ4v) is 3.74. The normalized spacial score (nSPS) is 23.5. The van der Waals surface area contributed by atoms with E-state index in [9.17, 15) is 9.90 Å². The van der Waals surface area contributed by atoms with Gasteiger partial charge in [-0.3, -0.25) is 4.79 Å². The Labute approximate surface area is 127 Å². The monoisotopic (exact) mass is 290 g/mol. The third kappa shape index (κ3) is 1.80. The first-order valence-corrected chi connectivity index (χ1v) is 7.47. The molecule has 0 bridgehead atoms. The maximum Gasteiger partial charge on any atom is 0.314 e. The standard InChI is InChI=1S/C18H26O3/c1-11(2)12-8-9-13-14(10-12)16(3,4)18(13,20)17(5,6)15(19)21-7/h8-11,20H,1-7H3. The highest BCUT2D eigenvalue weighted by atomic mass is 16.5. The number of carbonyl (C=O) groups is 1. The van der Waals surface area contributed by atoms with Crippen LogP contribution in [0.15, 0.2) is 18.2 Å². The Balaban J connectivity index is 2.60. The molecule has 1 aromatic rings. The Bertz CT molecular complexity index is 584. The lowest BCUT2D eigenvalue weighted by molar-refractivity contribution is -0.191. The molecule has 0 saturated heterocycles. The van der Waals surface area contributed by atoms with Gasteiger partial charge in [0.2, 0.25) is 0 Å². The van der Waals surface area contributed by atoms with Crippen molar-refractivity contribution in [2.75, 3.05) is 7.11 Å². The van der Waals surface area contributed by atoms with Crippen LogP contribution in [0.5, 0.6) is 0 Å². The van der Waals surface area contributed by atoms with Gasteiger partial charge in [-0.05, 0) is 36.5 Å². The summed E-state index contributed by atoms with van der Waals surface area (Å²) < 4.78 is 4.91. The van der Waals surface area contributed by atoms with Crippen molar-refractivity contribution >= 4 is 5.97 Å². The van der Waals surface area contributed by atoms with Crippen LogP contribution in [0.1, 0.15) is 64.2 Å². The van der Waals surface area contributed by atoms with Crippen molar-refractivity contribution in [3.05, 3.63) is 34.9 Å². The highest BCUT2D eigenvalue weighted by Gasteiger charge is 2.67. The van der Waals surface area contributed by atoms with E-state index in [1.165, 1.54) is 12.7 Å². The van der Waals surface area contributed by atoms with Crippen molar-refractivity contribution < 1.29 is 14.6 Å². The lowest BCUT2D eigenvalue weighted by Crippen LogP contribution is -2.65. The number of hydrogen-bond donors (Lipinski definition) is 1. The second-order valence-corrected chi connectivity index (χ2v) is 7.41. The zero-order valence-corrected chi connectivity index (χ0v) is 14.1. The summed E-state index contributed by atoms with van der Waals surface area (Å²) in [6.07, 6.45) is 0. The molecule has 1 aliphatic carbocycles. The van der Waals surface area contributed by atoms with Crippen LogP contribution in [0.2, 0.25) is 0 Å². The van der Waals surface area contributed by atoms with Gasteiger partial charge >= 0.3 is 5.97 Å². The van der Waals surface area contributed by atoms with E-state index in [4.69, 9.17) is 4.74 Å². The second kappa shape index (κ2) is 4.57. The topological polar surface area (TPSA) is 46.5 Å². The molecule has 0 aromatic heterocycles. The van der Waals surface area contributed by atoms with Gasteiger partial charge in [-0.2, -0.15) is 0 Å². The van der Waals surface area contributed by atoms with Crippen LogP contribution >= 0.6 is 0 Å². The predicted octanol–water partition coefficient (Wildman–Crippen LogP) is 3.49. The van der Waals surface area contributed by atoms with E-state index in [-0.39, 0.29) is 0 Å². The molecular weight excluding hydrogens is 264 g/mol. The van der Waals surface area contributed by atoms with Gasteiger partial charge in [-0.15, -0.1) is 0 Å². The molecule has 3 nitrogen and oxygen atoms in total. The summed E-state index contributed by atoms with van der Waals surface area (Å²) in [6, 6.07) is 6.15. The zero-order chi connectivity index (χ0) is 16.2. The lowest BCUT2D eigenvalue weighted by Gasteiger charge is -2.60. The number of benzene rings is 1. The van der Waals surface area contributed by atoms with E-state index in [1.54, 1.807) is 13.8 Å². The zero-order valence-electron chi connectivity index (χ0n) is 14.1. The average Bonchev–Trinajstić information content (AvgIpc) is 2.44. The van der Waals surface area contributed by atoms with Gasteiger partial charge in [0.1, 0.15) is 5.60 Å². The molecule has 0 radical (unpaired) electrons. The lowest BCUT2D eigenvalue weighted by atomic mass is 9.46. The van der Waals surface area contributed by atoms with Crippen molar-refractivity contribution in [2.24, 2.45) is 5.41 Å². The van der Waals surface area contributed by atoms with E-state index in [2.05, 4.69) is 19.9 Å². The Morgan fingerprint density at radius 1 is 1.24 bits per heavy atom. The molecule has 0 fully saturated rings. The molecule has 0 saturated carbocycles. The molecule has 1 N–H and O–H groups in total. The van der Waals surface area contributed by atoms with Crippen LogP contribution in [-0.2, 0) is 20.5 Å². The maximum atomic E-state index is 12.2. The van der Waals surface area contributed by atoms with E-state index in [0.29, 0.717) is 5.92 Å². The minimum absolute atomic E-state index is 0.392. The van der Waals surface area contributed by atoms with Gasteiger partial charge in [-0.25, -0.2) is 0 Å². The van der Waals surface area contributed by atoms with Crippen molar-refractivity contribution in [2.45, 2.75) is 58.5 Å². The molecule has 0 aliphatic heterocycles. The molecule has 1 aromatic carbocycles. The number of methoxy groups -OCH3 is 1. The van der Waals surface area contributed by atoms with Crippen LogP contribution in [0, 0.1) is 5.41 Å². The van der Waals surface area contributed by atoms with Gasteiger partial charge in [0.25, 0.3) is 0 Å². The predicted molar refractivity (Wildman–Crippen MR) is 83.3 cm³/mol. The van der Waals surface area contributed by atoms with Gasteiger partial charge in [-0.1, -0.05) is 45.9 Å². The van der Waals surface area contributed by atoms with E-state index >= 15 is 0 Å². The minimum Gasteiger partial charge on any atom is -0.469 e. The first kappa shape index (κ1) is 16.0. The Hall–Kier alpha value is -1.35. The number of carbonyl (C=O) groups excluding carboxylic acids is 1. The number of rotatable bonds is 3. The Kier molecular flexibility index (Phi) is 3.49. The second-order valence-electron chi connectivity index (χ2n) is 7.41. The van der Waals surface area contributed by atoms with Crippen molar-refractivity contribution in [3.8, 4) is 0 Å². The number of aliphatic hydroxyl groups is 1. The molecule has 0 amide bonds. The third-order valence-corrected chi connectivity index (χ3v) is 5.28. The number of fused-ring (bicyclic) bond motifs is 1. The highest BCUT2D eigenvalue weighted by molar-refractivity contribution is 5.80. The smallest absolute Gasteiger partial charge is 0.314 e. The molecule has 21 heavy (non-hydrogen) atoms. The molecule has 2 rings (SSSR count). The molecule has 3 heteroatoms. The summed E-state index contributed by atoms with van der Waals surface area (Å²) in [6.45, 7) is 11.8. The summed E-state index contributed by atoms with van der Waals surface area (Å²) in [4.78, 5) is 12.2. The van der Waals surface area contributed by atoms with Crippen LogP contribution in [0.4, 0.5) is 0 Å². The van der Waals surface area contributed by atoms with Crippen molar-refractivity contribution in [3.63, 3.8) is 0 Å². The van der Waals surface area contributed by atoms with Gasteiger partial charge in [0.05, 0.1) is 12.5 Å². The molecule has 1 atom stereocenters. The molecule has 0 spiro atoms. The maximum absolute atomic E-state index is 12.2. The summed E-state index contributed by atoms with van der Waals surface area (Å²) in [7, 11) is 1.36. The first-order chi connectivity index (χ1) is 9.51. The van der Waals surface area contributed by atoms with Crippen LogP contribution in [0.25, 0.3) is 0 Å². The fourth-order valence-electron chi connectivity index (χ4n) is 3.74. The molecule has 116 valence electrons. The van der Waals surface area contributed by atoms with E-state index in [0.717, 1.165) is 11.1 Å². The molecule has 1 aliphatic rings. The summed E-state index contributed by atoms with van der Waals surface area (Å²) in [5, 5.41) is 11.3. The van der Waals surface area contributed by atoms with Gasteiger partial charge in [0.15, 0.2) is 0 Å². The summed E-state index contributed by atoms with van der Waals surface area (Å²) in [5.41, 5.74) is 0.487. The first-order valence-electron chi connectivity index (χ1n) is 7.47. The quantitative estimate of drug-likeness (QED) is 0.867. The molecule has 1 unspecified atom stereocenters. The summed E-state index contributed by atoms with van der Waals surface area (Å²) in [5.74, 6) is 0.0464. The van der Waals surface area contributed by atoms with Gasteiger partial charge < -0.3 is 9.84 Å². The van der Waals surface area contributed by atoms with Crippen LogP contribution < -0.4 is 0 Å². The Morgan fingerprint density at radius 3 is 2.29 bits per heavy atom. The van der Waals surface area contributed by atoms with Crippen LogP contribution in [-0.4, -0.2) is 18.2 Å². The van der Waals surface area contributed by atoms with Gasteiger partial charge in [0, 0.05) is 5.41 Å². The third-order valence-electron chi connectivity index (χ3n) is 5.28. The largest absolute Gasteiger partial charge is 0.469 e. The van der Waals surface area contributed by atoms with E-state index in [1.807, 2.05) is 26.0 Å². The van der Waals surface area contributed by atoms with Crippen molar-refractivity contribution in [1.29, 1.82) is 0 Å². The SMILES string of the molecule is COC(=O)C(C)(C)C1(O)c2ccc(C(C)C)cc2C1(C)C. The number of ether oxygens (including phenoxy) is 1. The number of esters is 1. The average molecular weight is 290 g/mol. The fraction of sp³-hybridized carbons (Fsp3) is 0.611. The highest BCUT2D eigenvalue weighted by Crippen LogP contribution is 2.62. The molecular formula is C18H26O3. The summed E-state index contributed by atoms with van der Waals surface area (Å²) >= 11 is 0. The number of hydrogen-bond acceptors (Lipinski definition) is 3.